The van der Waals surface area contributed by atoms with Crippen LogP contribution in [0, 0.1) is 17.3 Å². The molecule has 0 aromatic carbocycles. The predicted octanol–water partition coefficient (Wildman–Crippen LogP) is 7.20. The van der Waals surface area contributed by atoms with Gasteiger partial charge in [-0.1, -0.05) is 39.0 Å². The predicted molar refractivity (Wildman–Crippen MR) is 108 cm³/mol. The zero-order valence-electron chi connectivity index (χ0n) is 17.3. The highest BCUT2D eigenvalue weighted by Gasteiger charge is 2.41. The van der Waals surface area contributed by atoms with Crippen LogP contribution in [0.1, 0.15) is 122 Å². The van der Waals surface area contributed by atoms with Crippen LogP contribution >= 0.6 is 0 Å². The summed E-state index contributed by atoms with van der Waals surface area (Å²) in [7, 11) is 0. The molecule has 0 aromatic rings. The van der Waals surface area contributed by atoms with Gasteiger partial charge in [0.05, 0.1) is 0 Å². The summed E-state index contributed by atoms with van der Waals surface area (Å²) in [6, 6.07) is 0. The van der Waals surface area contributed by atoms with Gasteiger partial charge in [0, 0.05) is 6.42 Å². The summed E-state index contributed by atoms with van der Waals surface area (Å²) < 4.78 is 5.75. The van der Waals surface area contributed by atoms with Gasteiger partial charge in [-0.2, -0.15) is 0 Å². The van der Waals surface area contributed by atoms with Crippen LogP contribution in [0.15, 0.2) is 0 Å². The molecule has 0 N–H and O–H groups in total. The van der Waals surface area contributed by atoms with E-state index in [9.17, 15) is 4.79 Å². The van der Waals surface area contributed by atoms with E-state index >= 15 is 0 Å². The van der Waals surface area contributed by atoms with Crippen molar-refractivity contribution >= 4 is 5.97 Å². The fourth-order valence-corrected chi connectivity index (χ4v) is 6.25. The topological polar surface area (TPSA) is 26.3 Å². The molecule has 0 bridgehead atoms. The van der Waals surface area contributed by atoms with Crippen molar-refractivity contribution in [3.05, 3.63) is 0 Å². The van der Waals surface area contributed by atoms with E-state index in [0.717, 1.165) is 31.1 Å². The van der Waals surface area contributed by atoms with Gasteiger partial charge < -0.3 is 4.74 Å². The summed E-state index contributed by atoms with van der Waals surface area (Å²) in [5, 5.41) is 0. The first-order chi connectivity index (χ1) is 12.7. The maximum atomic E-state index is 12.3. The lowest BCUT2D eigenvalue weighted by Gasteiger charge is -2.47. The lowest BCUT2D eigenvalue weighted by molar-refractivity contribution is -0.150. The summed E-state index contributed by atoms with van der Waals surface area (Å²) in [6.07, 6.45) is 23.5. The fraction of sp³-hybridized carbons (Fsp3) is 0.958. The molecule has 0 unspecified atom stereocenters. The molecule has 26 heavy (non-hydrogen) atoms. The Morgan fingerprint density at radius 3 is 2.12 bits per heavy atom. The van der Waals surface area contributed by atoms with E-state index in [2.05, 4.69) is 6.92 Å². The average molecular weight is 363 g/mol. The minimum Gasteiger partial charge on any atom is -0.462 e. The third-order valence-electron chi connectivity index (χ3n) is 8.06. The van der Waals surface area contributed by atoms with Crippen LogP contribution in [0.25, 0.3) is 0 Å². The van der Waals surface area contributed by atoms with Crippen molar-refractivity contribution in [2.75, 3.05) is 0 Å². The van der Waals surface area contributed by atoms with E-state index in [1.807, 2.05) is 0 Å². The normalized spacial score (nSPS) is 31.7. The Morgan fingerprint density at radius 2 is 1.50 bits per heavy atom. The average Bonchev–Trinajstić information content (AvgIpc) is 2.70. The fourth-order valence-electron chi connectivity index (χ4n) is 6.25. The number of ether oxygens (including phenoxy) is 1. The third-order valence-corrected chi connectivity index (χ3v) is 8.06. The Morgan fingerprint density at radius 1 is 0.885 bits per heavy atom. The maximum Gasteiger partial charge on any atom is 0.306 e. The van der Waals surface area contributed by atoms with Gasteiger partial charge in [-0.15, -0.1) is 0 Å². The van der Waals surface area contributed by atoms with E-state index in [1.54, 1.807) is 0 Å². The first-order valence-electron chi connectivity index (χ1n) is 11.9. The van der Waals surface area contributed by atoms with Crippen LogP contribution in [-0.4, -0.2) is 12.1 Å². The second-order valence-electron chi connectivity index (χ2n) is 9.65. The van der Waals surface area contributed by atoms with Crippen LogP contribution in [0.3, 0.4) is 0 Å². The number of rotatable bonds is 7. The van der Waals surface area contributed by atoms with Gasteiger partial charge in [0.1, 0.15) is 6.10 Å². The molecular formula is C24H42O2. The van der Waals surface area contributed by atoms with Crippen molar-refractivity contribution < 1.29 is 9.53 Å². The highest BCUT2D eigenvalue weighted by Crippen LogP contribution is 2.52. The van der Waals surface area contributed by atoms with Crippen molar-refractivity contribution in [2.24, 2.45) is 17.3 Å². The van der Waals surface area contributed by atoms with Gasteiger partial charge in [-0.25, -0.2) is 0 Å². The Balaban J connectivity index is 1.48. The smallest absolute Gasteiger partial charge is 0.306 e. The molecule has 0 atom stereocenters. The van der Waals surface area contributed by atoms with Crippen LogP contribution in [0.4, 0.5) is 0 Å². The van der Waals surface area contributed by atoms with Crippen LogP contribution < -0.4 is 0 Å². The molecule has 0 heterocycles. The number of hydrogen-bond acceptors (Lipinski definition) is 2. The maximum absolute atomic E-state index is 12.3. The van der Waals surface area contributed by atoms with Gasteiger partial charge in [-0.3, -0.25) is 4.79 Å². The molecule has 150 valence electrons. The summed E-state index contributed by atoms with van der Waals surface area (Å²) >= 11 is 0. The monoisotopic (exact) mass is 362 g/mol. The Bertz CT molecular complexity index is 410. The first-order valence-corrected chi connectivity index (χ1v) is 11.9. The number of carbonyl (C=O) groups excluding carboxylic acids is 1. The molecule has 0 radical (unpaired) electrons. The van der Waals surface area contributed by atoms with Crippen LogP contribution in [0.2, 0.25) is 0 Å². The van der Waals surface area contributed by atoms with E-state index in [-0.39, 0.29) is 12.1 Å². The molecule has 3 fully saturated rings. The molecule has 0 aromatic heterocycles. The molecule has 3 saturated carbocycles. The summed E-state index contributed by atoms with van der Waals surface area (Å²) in [5.74, 6) is 1.98. The molecule has 3 aliphatic rings. The molecule has 0 amide bonds. The van der Waals surface area contributed by atoms with Crippen LogP contribution in [-0.2, 0) is 9.53 Å². The highest BCUT2D eigenvalue weighted by molar-refractivity contribution is 5.69. The minimum atomic E-state index is 0.0814. The van der Waals surface area contributed by atoms with E-state index in [0.29, 0.717) is 11.8 Å². The summed E-state index contributed by atoms with van der Waals surface area (Å²) in [5.41, 5.74) is 0.553. The minimum absolute atomic E-state index is 0.0814. The van der Waals surface area contributed by atoms with Gasteiger partial charge >= 0.3 is 5.97 Å². The van der Waals surface area contributed by atoms with Crippen LogP contribution in [0.5, 0.6) is 0 Å². The molecule has 0 saturated heterocycles. The van der Waals surface area contributed by atoms with Gasteiger partial charge in [-0.05, 0) is 94.3 Å². The van der Waals surface area contributed by atoms with E-state index in [1.165, 1.54) is 89.9 Å². The quantitative estimate of drug-likeness (QED) is 0.448. The number of carbonyl (C=O) groups is 1. The second kappa shape index (κ2) is 10.1. The molecule has 3 aliphatic carbocycles. The lowest BCUT2D eigenvalue weighted by atomic mass is 9.58. The zero-order chi connectivity index (χ0) is 18.2. The molecule has 2 nitrogen and oxygen atoms in total. The molecule has 0 aliphatic heterocycles. The zero-order valence-corrected chi connectivity index (χ0v) is 17.3. The molecule has 0 spiro atoms. The second-order valence-corrected chi connectivity index (χ2v) is 9.65. The van der Waals surface area contributed by atoms with E-state index < -0.39 is 0 Å². The number of hydrogen-bond donors (Lipinski definition) is 0. The van der Waals surface area contributed by atoms with Gasteiger partial charge in [0.2, 0.25) is 0 Å². The SMILES string of the molecule is CC[C@H]1CC[C@@](CCCC(=O)OC2CCCCC2)(C2CCCCC2)CC1. The van der Waals surface area contributed by atoms with E-state index in [4.69, 9.17) is 4.74 Å². The lowest BCUT2D eigenvalue weighted by Crippen LogP contribution is -2.36. The van der Waals surface area contributed by atoms with Crippen molar-refractivity contribution in [3.8, 4) is 0 Å². The molecule has 3 rings (SSSR count). The standard InChI is InChI=1S/C24H42O2/c1-2-20-15-18-24(19-16-20,21-10-5-3-6-11-21)17-9-14-23(25)26-22-12-7-4-8-13-22/h20-22H,2-19H2,1H3/t20-,24+. The van der Waals surface area contributed by atoms with Gasteiger partial charge in [0.25, 0.3) is 0 Å². The van der Waals surface area contributed by atoms with Crippen molar-refractivity contribution in [2.45, 2.75) is 129 Å². The highest BCUT2D eigenvalue weighted by atomic mass is 16.5. The Kier molecular flexibility index (Phi) is 7.88. The molecule has 2 heteroatoms. The Labute approximate surface area is 161 Å². The summed E-state index contributed by atoms with van der Waals surface area (Å²) in [6.45, 7) is 2.36. The number of esters is 1. The van der Waals surface area contributed by atoms with Gasteiger partial charge in [0.15, 0.2) is 0 Å². The Hall–Kier alpha value is -0.530. The van der Waals surface area contributed by atoms with Crippen molar-refractivity contribution in [1.29, 1.82) is 0 Å². The van der Waals surface area contributed by atoms with Crippen molar-refractivity contribution in [3.63, 3.8) is 0 Å². The summed E-state index contributed by atoms with van der Waals surface area (Å²) in [4.78, 5) is 12.3. The largest absolute Gasteiger partial charge is 0.462 e. The molecular weight excluding hydrogens is 320 g/mol. The third kappa shape index (κ3) is 5.49. The van der Waals surface area contributed by atoms with Crippen molar-refractivity contribution in [1.82, 2.24) is 0 Å². The first kappa shape index (κ1) is 20.2.